The van der Waals surface area contributed by atoms with Crippen molar-refractivity contribution in [2.45, 2.75) is 5.92 Å². The molecule has 3 rings (SSSR count). The molecule has 7 nitrogen and oxygen atoms in total. The Labute approximate surface area is 144 Å². The number of aromatic hydroxyl groups is 2. The lowest BCUT2D eigenvalue weighted by Crippen LogP contribution is -2.34. The summed E-state index contributed by atoms with van der Waals surface area (Å²) in [5.41, 5.74) is 3.57. The first kappa shape index (κ1) is 16.5. The van der Waals surface area contributed by atoms with Gasteiger partial charge < -0.3 is 15.5 Å². The monoisotopic (exact) mass is 339 g/mol. The molecule has 2 aromatic carbocycles. The SMILES string of the molecule is O=C1NC[C@H](c2ccccc2)[C@@H]1C(=O)N/N=C/c1ccc(O)cc1O. The number of hydrogen-bond acceptors (Lipinski definition) is 5. The highest BCUT2D eigenvalue weighted by atomic mass is 16.3. The van der Waals surface area contributed by atoms with Crippen molar-refractivity contribution in [3.8, 4) is 11.5 Å². The number of hydrazone groups is 1. The minimum absolute atomic E-state index is 0.0768. The van der Waals surface area contributed by atoms with Crippen molar-refractivity contribution in [2.75, 3.05) is 6.54 Å². The van der Waals surface area contributed by atoms with Crippen LogP contribution in [0.2, 0.25) is 0 Å². The first-order chi connectivity index (χ1) is 12.1. The Morgan fingerprint density at radius 2 is 1.96 bits per heavy atom. The predicted octanol–water partition coefficient (Wildman–Crippen LogP) is 1.08. The molecule has 2 amide bonds. The van der Waals surface area contributed by atoms with E-state index in [1.165, 1.54) is 24.4 Å². The number of nitrogens with zero attached hydrogens (tertiary/aromatic N) is 1. The number of amides is 2. The lowest BCUT2D eigenvalue weighted by atomic mass is 9.88. The van der Waals surface area contributed by atoms with E-state index < -0.39 is 11.8 Å². The van der Waals surface area contributed by atoms with Crippen LogP contribution in [0.4, 0.5) is 0 Å². The van der Waals surface area contributed by atoms with E-state index in [4.69, 9.17) is 0 Å². The predicted molar refractivity (Wildman–Crippen MR) is 91.2 cm³/mol. The van der Waals surface area contributed by atoms with E-state index in [9.17, 15) is 19.8 Å². The zero-order chi connectivity index (χ0) is 17.8. The lowest BCUT2D eigenvalue weighted by molar-refractivity contribution is -0.133. The standard InChI is InChI=1S/C18H17N3O4/c22-13-7-6-12(15(23)8-13)9-20-21-18(25)16-14(10-19-17(16)24)11-4-2-1-3-5-11/h1-9,14,16,22-23H,10H2,(H,19,24)(H,21,25)/b20-9+/t14-,16+/m1/s1. The third-order valence-corrected chi connectivity index (χ3v) is 4.08. The maximum absolute atomic E-state index is 12.4. The van der Waals surface area contributed by atoms with Crippen LogP contribution in [0.5, 0.6) is 11.5 Å². The maximum Gasteiger partial charge on any atom is 0.253 e. The summed E-state index contributed by atoms with van der Waals surface area (Å²) < 4.78 is 0. The molecule has 0 aliphatic carbocycles. The average Bonchev–Trinajstić information content (AvgIpc) is 2.99. The Bertz CT molecular complexity index is 820. The van der Waals surface area contributed by atoms with E-state index in [1.807, 2.05) is 30.3 Å². The van der Waals surface area contributed by atoms with Crippen LogP contribution in [-0.4, -0.2) is 34.8 Å². The Balaban J connectivity index is 1.71. The smallest absolute Gasteiger partial charge is 0.253 e. The molecule has 0 saturated carbocycles. The van der Waals surface area contributed by atoms with Crippen LogP contribution in [-0.2, 0) is 9.59 Å². The third-order valence-electron chi connectivity index (χ3n) is 4.08. The fourth-order valence-electron chi connectivity index (χ4n) is 2.81. The van der Waals surface area contributed by atoms with Crippen molar-refractivity contribution in [1.29, 1.82) is 0 Å². The van der Waals surface area contributed by atoms with Crippen LogP contribution >= 0.6 is 0 Å². The lowest BCUT2D eigenvalue weighted by Gasteiger charge is -2.15. The quantitative estimate of drug-likeness (QED) is 0.379. The molecule has 0 spiro atoms. The molecule has 0 bridgehead atoms. The molecule has 4 N–H and O–H groups in total. The fraction of sp³-hybridized carbons (Fsp3) is 0.167. The summed E-state index contributed by atoms with van der Waals surface area (Å²) in [4.78, 5) is 24.4. The van der Waals surface area contributed by atoms with Gasteiger partial charge >= 0.3 is 0 Å². The molecule has 128 valence electrons. The van der Waals surface area contributed by atoms with Gasteiger partial charge in [0.1, 0.15) is 17.4 Å². The molecule has 1 saturated heterocycles. The normalized spacial score (nSPS) is 19.8. The Morgan fingerprint density at radius 1 is 1.20 bits per heavy atom. The van der Waals surface area contributed by atoms with Crippen molar-refractivity contribution in [2.24, 2.45) is 11.0 Å². The first-order valence-corrected chi connectivity index (χ1v) is 7.74. The second-order valence-electron chi connectivity index (χ2n) is 5.72. The highest BCUT2D eigenvalue weighted by Crippen LogP contribution is 2.29. The first-order valence-electron chi connectivity index (χ1n) is 7.74. The molecule has 2 aromatic rings. The number of carbonyl (C=O) groups is 2. The Kier molecular flexibility index (Phi) is 4.65. The number of phenols is 2. The molecule has 0 aromatic heterocycles. The van der Waals surface area contributed by atoms with Crippen LogP contribution in [0.25, 0.3) is 0 Å². The third kappa shape index (κ3) is 3.60. The van der Waals surface area contributed by atoms with E-state index >= 15 is 0 Å². The Morgan fingerprint density at radius 3 is 2.68 bits per heavy atom. The summed E-state index contributed by atoms with van der Waals surface area (Å²) in [6.07, 6.45) is 1.25. The number of nitrogens with one attached hydrogen (secondary N) is 2. The minimum Gasteiger partial charge on any atom is -0.508 e. The van der Waals surface area contributed by atoms with Gasteiger partial charge in [-0.2, -0.15) is 5.10 Å². The molecular weight excluding hydrogens is 322 g/mol. The highest BCUT2D eigenvalue weighted by molar-refractivity contribution is 6.03. The molecule has 1 fully saturated rings. The van der Waals surface area contributed by atoms with Crippen molar-refractivity contribution in [1.82, 2.24) is 10.7 Å². The van der Waals surface area contributed by atoms with Gasteiger partial charge in [-0.25, -0.2) is 5.43 Å². The fourth-order valence-corrected chi connectivity index (χ4v) is 2.81. The average molecular weight is 339 g/mol. The van der Waals surface area contributed by atoms with Gasteiger partial charge in [-0.1, -0.05) is 30.3 Å². The minimum atomic E-state index is -0.868. The number of rotatable bonds is 4. The van der Waals surface area contributed by atoms with Gasteiger partial charge in [0.05, 0.1) is 6.21 Å². The Hall–Kier alpha value is -3.35. The number of benzene rings is 2. The molecule has 7 heteroatoms. The molecule has 25 heavy (non-hydrogen) atoms. The molecule has 1 heterocycles. The van der Waals surface area contributed by atoms with Crippen LogP contribution < -0.4 is 10.7 Å². The molecular formula is C18H17N3O4. The number of phenolic OH excluding ortho intramolecular Hbond substituents is 2. The van der Waals surface area contributed by atoms with Gasteiger partial charge in [-0.05, 0) is 17.7 Å². The van der Waals surface area contributed by atoms with Crippen LogP contribution in [0.15, 0.2) is 53.6 Å². The van der Waals surface area contributed by atoms with Gasteiger partial charge in [0.25, 0.3) is 5.91 Å². The highest BCUT2D eigenvalue weighted by Gasteiger charge is 2.40. The van der Waals surface area contributed by atoms with Crippen LogP contribution in [0, 0.1) is 5.92 Å². The van der Waals surface area contributed by atoms with Gasteiger partial charge in [-0.3, -0.25) is 9.59 Å². The topological polar surface area (TPSA) is 111 Å². The van der Waals surface area contributed by atoms with Crippen molar-refractivity contribution in [3.63, 3.8) is 0 Å². The summed E-state index contributed by atoms with van der Waals surface area (Å²) in [7, 11) is 0. The van der Waals surface area contributed by atoms with Gasteiger partial charge in [0.2, 0.25) is 5.91 Å². The molecule has 1 aliphatic rings. The molecule has 0 radical (unpaired) electrons. The van der Waals surface area contributed by atoms with Crippen molar-refractivity contribution in [3.05, 3.63) is 59.7 Å². The summed E-state index contributed by atoms with van der Waals surface area (Å²) in [5.74, 6) is -2.22. The molecule has 2 atom stereocenters. The summed E-state index contributed by atoms with van der Waals surface area (Å²) in [6.45, 7) is 0.392. The van der Waals surface area contributed by atoms with E-state index in [-0.39, 0.29) is 23.3 Å². The van der Waals surface area contributed by atoms with E-state index in [2.05, 4.69) is 15.8 Å². The number of hydrogen-bond donors (Lipinski definition) is 4. The second-order valence-corrected chi connectivity index (χ2v) is 5.72. The van der Waals surface area contributed by atoms with E-state index in [0.717, 1.165) is 5.56 Å². The zero-order valence-corrected chi connectivity index (χ0v) is 13.2. The van der Waals surface area contributed by atoms with E-state index in [1.54, 1.807) is 0 Å². The summed E-state index contributed by atoms with van der Waals surface area (Å²) in [5, 5.41) is 25.4. The van der Waals surface area contributed by atoms with E-state index in [0.29, 0.717) is 12.1 Å². The van der Waals surface area contributed by atoms with Crippen LogP contribution in [0.1, 0.15) is 17.0 Å². The zero-order valence-electron chi connectivity index (χ0n) is 13.2. The number of carbonyl (C=O) groups excluding carboxylic acids is 2. The van der Waals surface area contributed by atoms with Crippen molar-refractivity contribution >= 4 is 18.0 Å². The largest absolute Gasteiger partial charge is 0.508 e. The molecule has 1 aliphatic heterocycles. The van der Waals surface area contributed by atoms with Crippen LogP contribution in [0.3, 0.4) is 0 Å². The summed E-state index contributed by atoms with van der Waals surface area (Å²) >= 11 is 0. The maximum atomic E-state index is 12.4. The van der Waals surface area contributed by atoms with Gasteiger partial charge in [0.15, 0.2) is 0 Å². The summed E-state index contributed by atoms with van der Waals surface area (Å²) in [6, 6.07) is 13.4. The molecule has 0 unspecified atom stereocenters. The van der Waals surface area contributed by atoms with Crippen molar-refractivity contribution < 1.29 is 19.8 Å². The van der Waals surface area contributed by atoms with Gasteiger partial charge in [0, 0.05) is 24.1 Å². The van der Waals surface area contributed by atoms with Gasteiger partial charge in [-0.15, -0.1) is 0 Å². The second kappa shape index (κ2) is 7.04.